The first-order chi connectivity index (χ1) is 9.72. The molecule has 1 aliphatic carbocycles. The van der Waals surface area contributed by atoms with E-state index in [1.165, 1.54) is 6.33 Å². The Morgan fingerprint density at radius 1 is 1.25 bits per heavy atom. The Morgan fingerprint density at radius 3 is 2.75 bits per heavy atom. The van der Waals surface area contributed by atoms with E-state index >= 15 is 0 Å². The topological polar surface area (TPSA) is 63.0 Å². The first-order valence-corrected chi connectivity index (χ1v) is 7.19. The number of aromatic nitrogens is 3. The molecule has 0 spiro atoms. The second kappa shape index (κ2) is 5.81. The molecule has 2 N–H and O–H groups in total. The quantitative estimate of drug-likeness (QED) is 0.913. The zero-order chi connectivity index (χ0) is 13.9. The number of aliphatic hydroxyl groups is 1. The Kier molecular flexibility index (Phi) is 3.89. The van der Waals surface area contributed by atoms with Gasteiger partial charge in [-0.05, 0) is 43.9 Å². The highest BCUT2D eigenvalue weighted by molar-refractivity contribution is 6.31. The van der Waals surface area contributed by atoms with Gasteiger partial charge in [-0.25, -0.2) is 9.67 Å². The van der Waals surface area contributed by atoms with E-state index in [-0.39, 0.29) is 6.10 Å². The molecule has 1 aromatic heterocycles. The van der Waals surface area contributed by atoms with Crippen LogP contribution in [0.15, 0.2) is 30.9 Å². The van der Waals surface area contributed by atoms with Crippen LogP contribution in [0.3, 0.4) is 0 Å². The Hall–Kier alpha value is -1.59. The fraction of sp³-hybridized carbons (Fsp3) is 0.429. The van der Waals surface area contributed by atoms with E-state index in [4.69, 9.17) is 11.6 Å². The van der Waals surface area contributed by atoms with E-state index in [1.807, 2.05) is 18.2 Å². The summed E-state index contributed by atoms with van der Waals surface area (Å²) in [6.07, 6.45) is 6.64. The summed E-state index contributed by atoms with van der Waals surface area (Å²) in [7, 11) is 0. The molecule has 1 heterocycles. The first kappa shape index (κ1) is 13.4. The number of nitrogens with zero attached hydrogens (tertiary/aromatic N) is 3. The van der Waals surface area contributed by atoms with E-state index in [1.54, 1.807) is 11.0 Å². The first-order valence-electron chi connectivity index (χ1n) is 6.81. The number of halogens is 1. The molecule has 1 aromatic carbocycles. The molecule has 1 saturated carbocycles. The number of benzene rings is 1. The lowest BCUT2D eigenvalue weighted by atomic mass is 9.93. The van der Waals surface area contributed by atoms with E-state index in [0.717, 1.165) is 37.1 Å². The summed E-state index contributed by atoms with van der Waals surface area (Å²) in [4.78, 5) is 3.98. The molecule has 20 heavy (non-hydrogen) atoms. The lowest BCUT2D eigenvalue weighted by Gasteiger charge is -2.27. The van der Waals surface area contributed by atoms with Gasteiger partial charge in [0.2, 0.25) is 0 Å². The van der Waals surface area contributed by atoms with Crippen molar-refractivity contribution < 1.29 is 5.11 Å². The van der Waals surface area contributed by atoms with Crippen LogP contribution in [-0.2, 0) is 0 Å². The van der Waals surface area contributed by atoms with Gasteiger partial charge in [0.15, 0.2) is 0 Å². The van der Waals surface area contributed by atoms with Gasteiger partial charge in [0.1, 0.15) is 12.7 Å². The molecule has 106 valence electrons. The van der Waals surface area contributed by atoms with Crippen LogP contribution in [0.25, 0.3) is 5.69 Å². The minimum atomic E-state index is -0.151. The van der Waals surface area contributed by atoms with Crippen LogP contribution in [0.1, 0.15) is 25.7 Å². The van der Waals surface area contributed by atoms with E-state index in [0.29, 0.717) is 11.1 Å². The van der Waals surface area contributed by atoms with Crippen LogP contribution in [0.5, 0.6) is 0 Å². The molecule has 1 aliphatic rings. The number of rotatable bonds is 3. The third-order valence-corrected chi connectivity index (χ3v) is 3.92. The van der Waals surface area contributed by atoms with Crippen LogP contribution in [0, 0.1) is 0 Å². The van der Waals surface area contributed by atoms with Crippen LogP contribution >= 0.6 is 11.6 Å². The van der Waals surface area contributed by atoms with Gasteiger partial charge in [-0.3, -0.25) is 0 Å². The third kappa shape index (κ3) is 2.94. The summed E-state index contributed by atoms with van der Waals surface area (Å²) in [6, 6.07) is 6.04. The van der Waals surface area contributed by atoms with Gasteiger partial charge in [-0.2, -0.15) is 5.10 Å². The van der Waals surface area contributed by atoms with Gasteiger partial charge < -0.3 is 10.4 Å². The van der Waals surface area contributed by atoms with Gasteiger partial charge in [-0.15, -0.1) is 0 Å². The predicted molar refractivity (Wildman–Crippen MR) is 78.3 cm³/mol. The third-order valence-electron chi connectivity index (χ3n) is 3.68. The van der Waals surface area contributed by atoms with Crippen molar-refractivity contribution in [1.82, 2.24) is 14.8 Å². The summed E-state index contributed by atoms with van der Waals surface area (Å²) < 4.78 is 1.72. The van der Waals surface area contributed by atoms with Crippen molar-refractivity contribution in [3.05, 3.63) is 35.9 Å². The van der Waals surface area contributed by atoms with E-state index in [2.05, 4.69) is 15.4 Å². The van der Waals surface area contributed by atoms with Crippen molar-refractivity contribution in [2.45, 2.75) is 37.8 Å². The van der Waals surface area contributed by atoms with Gasteiger partial charge in [0.05, 0.1) is 17.5 Å². The molecule has 5 nitrogen and oxygen atoms in total. The number of nitrogens with one attached hydrogen (secondary N) is 1. The fourth-order valence-corrected chi connectivity index (χ4v) is 2.77. The molecule has 1 fully saturated rings. The van der Waals surface area contributed by atoms with E-state index < -0.39 is 0 Å². The average molecular weight is 293 g/mol. The molecule has 3 rings (SSSR count). The number of hydrogen-bond donors (Lipinski definition) is 2. The van der Waals surface area contributed by atoms with Gasteiger partial charge in [0, 0.05) is 11.1 Å². The minimum Gasteiger partial charge on any atom is -0.393 e. The highest BCUT2D eigenvalue weighted by Crippen LogP contribution is 2.28. The van der Waals surface area contributed by atoms with E-state index in [9.17, 15) is 5.11 Å². The monoisotopic (exact) mass is 292 g/mol. The normalized spacial score (nSPS) is 22.7. The Balaban J connectivity index is 1.83. The second-order valence-electron chi connectivity index (χ2n) is 5.15. The zero-order valence-electron chi connectivity index (χ0n) is 11.0. The highest BCUT2D eigenvalue weighted by Gasteiger charge is 2.20. The maximum atomic E-state index is 9.57. The molecule has 0 saturated heterocycles. The Morgan fingerprint density at radius 2 is 2.05 bits per heavy atom. The molecule has 0 atom stereocenters. The molecule has 0 unspecified atom stereocenters. The maximum absolute atomic E-state index is 9.57. The van der Waals surface area contributed by atoms with Crippen LogP contribution in [0.2, 0.25) is 5.02 Å². The van der Waals surface area contributed by atoms with Crippen molar-refractivity contribution >= 4 is 17.3 Å². The van der Waals surface area contributed by atoms with Crippen molar-refractivity contribution in [3.8, 4) is 5.69 Å². The molecular weight excluding hydrogens is 276 g/mol. The Bertz CT molecular complexity index is 565. The minimum absolute atomic E-state index is 0.151. The summed E-state index contributed by atoms with van der Waals surface area (Å²) >= 11 is 6.09. The largest absolute Gasteiger partial charge is 0.393 e. The average Bonchev–Trinajstić information content (AvgIpc) is 2.95. The summed E-state index contributed by atoms with van der Waals surface area (Å²) in [6.45, 7) is 0. The fourth-order valence-electron chi connectivity index (χ4n) is 2.60. The van der Waals surface area contributed by atoms with Crippen LogP contribution in [0.4, 0.5) is 5.69 Å². The van der Waals surface area contributed by atoms with Crippen molar-refractivity contribution in [1.29, 1.82) is 0 Å². The van der Waals surface area contributed by atoms with Crippen molar-refractivity contribution in [3.63, 3.8) is 0 Å². The molecular formula is C14H17ClN4O. The van der Waals surface area contributed by atoms with Crippen LogP contribution < -0.4 is 5.32 Å². The number of hydrogen-bond acceptors (Lipinski definition) is 4. The maximum Gasteiger partial charge on any atom is 0.138 e. The van der Waals surface area contributed by atoms with Gasteiger partial charge >= 0.3 is 0 Å². The molecule has 0 amide bonds. The van der Waals surface area contributed by atoms with Crippen LogP contribution in [-0.4, -0.2) is 32.0 Å². The SMILES string of the molecule is OC1CCC(Nc2cc(Cl)ccc2-n2cncn2)CC1. The molecule has 6 heteroatoms. The smallest absolute Gasteiger partial charge is 0.138 e. The number of aliphatic hydroxyl groups excluding tert-OH is 1. The molecule has 0 aliphatic heterocycles. The molecule has 0 radical (unpaired) electrons. The number of anilines is 1. The van der Waals surface area contributed by atoms with Crippen molar-refractivity contribution in [2.75, 3.05) is 5.32 Å². The summed E-state index contributed by atoms with van der Waals surface area (Å²) in [5.74, 6) is 0. The van der Waals surface area contributed by atoms with Gasteiger partial charge in [0.25, 0.3) is 0 Å². The van der Waals surface area contributed by atoms with Crippen molar-refractivity contribution in [2.24, 2.45) is 0 Å². The standard InChI is InChI=1S/C14H17ClN4O/c15-10-1-6-14(19-9-16-8-17-19)13(7-10)18-11-2-4-12(20)5-3-11/h1,6-9,11-12,18,20H,2-5H2. The lowest BCUT2D eigenvalue weighted by molar-refractivity contribution is 0.126. The summed E-state index contributed by atoms with van der Waals surface area (Å²) in [5, 5.41) is 17.9. The predicted octanol–water partition coefficient (Wildman–Crippen LogP) is 2.64. The lowest BCUT2D eigenvalue weighted by Crippen LogP contribution is -2.28. The molecule has 2 aromatic rings. The zero-order valence-corrected chi connectivity index (χ0v) is 11.8. The molecule has 0 bridgehead atoms. The van der Waals surface area contributed by atoms with Gasteiger partial charge in [-0.1, -0.05) is 11.6 Å². The summed E-state index contributed by atoms with van der Waals surface area (Å²) in [5.41, 5.74) is 1.88. The Labute approximate surface area is 122 Å². The second-order valence-corrected chi connectivity index (χ2v) is 5.59. The highest BCUT2D eigenvalue weighted by atomic mass is 35.5.